The van der Waals surface area contributed by atoms with Crippen molar-refractivity contribution in [3.05, 3.63) is 41.0 Å². The van der Waals surface area contributed by atoms with Crippen LogP contribution in [0, 0.1) is 23.9 Å². The minimum absolute atomic E-state index is 0.231. The van der Waals surface area contributed by atoms with E-state index in [0.717, 1.165) is 0 Å². The van der Waals surface area contributed by atoms with Crippen LogP contribution in [0.15, 0.2) is 18.2 Å². The zero-order valence-corrected chi connectivity index (χ0v) is 10.1. The zero-order chi connectivity index (χ0) is 11.5. The molecule has 1 rings (SSSR count). The van der Waals surface area contributed by atoms with E-state index in [4.69, 9.17) is 6.57 Å². The van der Waals surface area contributed by atoms with Gasteiger partial charge in [0.15, 0.2) is 0 Å². The van der Waals surface area contributed by atoms with Gasteiger partial charge in [0.25, 0.3) is 0 Å². The minimum Gasteiger partial charge on any atom is -0.237 e. The van der Waals surface area contributed by atoms with E-state index < -0.39 is 13.9 Å². The second kappa shape index (κ2) is 4.29. The Balaban J connectivity index is 3.25. The monoisotopic (exact) mass is 217 g/mol. The van der Waals surface area contributed by atoms with E-state index in [2.05, 4.69) is 36.0 Å². The first kappa shape index (κ1) is 11.5. The molecule has 0 aromatic heterocycles. The van der Waals surface area contributed by atoms with E-state index in [-0.39, 0.29) is 5.56 Å². The number of nitrogens with zero attached hydrogens (tertiary/aromatic N) is 1. The van der Waals surface area contributed by atoms with Crippen molar-refractivity contribution >= 4 is 13.8 Å². The van der Waals surface area contributed by atoms with E-state index >= 15 is 0 Å². The summed E-state index contributed by atoms with van der Waals surface area (Å²) in [7, 11) is -1.53. The summed E-state index contributed by atoms with van der Waals surface area (Å²) in [5, 5.41) is 0. The number of hydrogen-bond donors (Lipinski definition) is 0. The van der Waals surface area contributed by atoms with Gasteiger partial charge in [0.2, 0.25) is 5.69 Å². The van der Waals surface area contributed by atoms with E-state index in [9.17, 15) is 4.39 Å². The lowest BCUT2D eigenvalue weighted by atomic mass is 10.2. The molecule has 1 aromatic rings. The molecule has 0 radical (unpaired) electrons. The van der Waals surface area contributed by atoms with Crippen molar-refractivity contribution in [2.75, 3.05) is 0 Å². The van der Waals surface area contributed by atoms with Crippen LogP contribution < -0.4 is 0 Å². The maximum atomic E-state index is 13.4. The van der Waals surface area contributed by atoms with E-state index in [1.54, 1.807) is 6.07 Å². The topological polar surface area (TPSA) is 4.36 Å². The Labute approximate surface area is 90.8 Å². The van der Waals surface area contributed by atoms with Crippen LogP contribution >= 0.6 is 0 Å². The molecule has 0 aliphatic heterocycles. The first-order valence-electron chi connectivity index (χ1n) is 4.63. The predicted molar refractivity (Wildman–Crippen MR) is 62.9 cm³/mol. The highest BCUT2D eigenvalue weighted by Gasteiger charge is 2.10. The van der Waals surface area contributed by atoms with Gasteiger partial charge in [-0.15, -0.1) is 5.54 Å². The molecule has 3 heteroatoms. The maximum Gasteiger partial charge on any atom is 0.205 e. The van der Waals surface area contributed by atoms with Crippen molar-refractivity contribution in [2.24, 2.45) is 0 Å². The number of hydrogen-bond acceptors (Lipinski definition) is 0. The maximum absolute atomic E-state index is 13.4. The van der Waals surface area contributed by atoms with Crippen LogP contribution in [-0.4, -0.2) is 8.07 Å². The summed E-state index contributed by atoms with van der Waals surface area (Å²) in [5.41, 5.74) is 3.58. The van der Waals surface area contributed by atoms with Crippen molar-refractivity contribution in [1.29, 1.82) is 0 Å². The summed E-state index contributed by atoms with van der Waals surface area (Å²) in [6, 6.07) is 4.45. The molecule has 0 unspecified atom stereocenters. The first-order valence-corrected chi connectivity index (χ1v) is 8.13. The van der Waals surface area contributed by atoms with Crippen molar-refractivity contribution in [3.8, 4) is 11.5 Å². The lowest BCUT2D eigenvalue weighted by Gasteiger charge is -2.04. The average molecular weight is 217 g/mol. The highest BCUT2D eigenvalue weighted by atomic mass is 28.3. The zero-order valence-electron chi connectivity index (χ0n) is 9.06. The first-order chi connectivity index (χ1) is 6.94. The fourth-order valence-electron chi connectivity index (χ4n) is 0.980. The second-order valence-corrected chi connectivity index (χ2v) is 9.00. The molecule has 1 nitrogen and oxygen atoms in total. The van der Waals surface area contributed by atoms with Crippen molar-refractivity contribution in [3.63, 3.8) is 0 Å². The third-order valence-corrected chi connectivity index (χ3v) is 2.55. The molecule has 0 atom stereocenters. The molecule has 0 saturated carbocycles. The van der Waals surface area contributed by atoms with Gasteiger partial charge < -0.3 is 0 Å². The summed E-state index contributed by atoms with van der Waals surface area (Å²) in [4.78, 5) is 3.25. The predicted octanol–water partition coefficient (Wildman–Crippen LogP) is 3.61. The molecule has 76 valence electrons. The Kier molecular flexibility index (Phi) is 3.29. The molecule has 15 heavy (non-hydrogen) atoms. The largest absolute Gasteiger partial charge is 0.237 e. The Hall–Kier alpha value is -1.58. The quantitative estimate of drug-likeness (QED) is 0.355. The molecule has 0 bridgehead atoms. The van der Waals surface area contributed by atoms with Gasteiger partial charge in [0, 0.05) is 0 Å². The summed E-state index contributed by atoms with van der Waals surface area (Å²) in [6.45, 7) is 13.2. The van der Waals surface area contributed by atoms with Gasteiger partial charge in [-0.1, -0.05) is 37.7 Å². The Morgan fingerprint density at radius 2 is 2.00 bits per heavy atom. The molecule has 0 saturated heterocycles. The van der Waals surface area contributed by atoms with E-state index in [1.807, 2.05) is 0 Å². The summed E-state index contributed by atoms with van der Waals surface area (Å²) in [5.74, 6) is 2.39. The third-order valence-electron chi connectivity index (χ3n) is 1.67. The highest BCUT2D eigenvalue weighted by Crippen LogP contribution is 2.20. The van der Waals surface area contributed by atoms with Crippen LogP contribution in [-0.2, 0) is 0 Å². The number of benzene rings is 1. The lowest BCUT2D eigenvalue weighted by molar-refractivity contribution is 0.625. The fourth-order valence-corrected chi connectivity index (χ4v) is 1.48. The SMILES string of the molecule is [C-]#[N+]c1cccc(F)c1C#C[Si](C)(C)C. The molecule has 0 heterocycles. The summed E-state index contributed by atoms with van der Waals surface area (Å²) < 4.78 is 13.4. The van der Waals surface area contributed by atoms with Crippen LogP contribution in [0.2, 0.25) is 19.6 Å². The Bertz CT molecular complexity index is 469. The molecule has 1 aromatic carbocycles. The van der Waals surface area contributed by atoms with Crippen LogP contribution in [0.25, 0.3) is 4.85 Å². The Morgan fingerprint density at radius 3 is 2.53 bits per heavy atom. The molecular formula is C12H12FNSi. The number of halogens is 1. The van der Waals surface area contributed by atoms with Gasteiger partial charge in [-0.2, -0.15) is 0 Å². The van der Waals surface area contributed by atoms with Crippen molar-refractivity contribution in [2.45, 2.75) is 19.6 Å². The lowest BCUT2D eigenvalue weighted by Crippen LogP contribution is -2.16. The van der Waals surface area contributed by atoms with Gasteiger partial charge >= 0.3 is 0 Å². The highest BCUT2D eigenvalue weighted by molar-refractivity contribution is 6.83. The standard InChI is InChI=1S/C12H12FNSi/c1-14-12-7-5-6-11(13)10(12)8-9-15(2,3)4/h5-7H,2-4H3. The fraction of sp³-hybridized carbons (Fsp3) is 0.250. The van der Waals surface area contributed by atoms with Crippen molar-refractivity contribution in [1.82, 2.24) is 0 Å². The summed E-state index contributed by atoms with van der Waals surface area (Å²) in [6.07, 6.45) is 0. The van der Waals surface area contributed by atoms with Gasteiger partial charge in [-0.3, -0.25) is 0 Å². The van der Waals surface area contributed by atoms with Crippen molar-refractivity contribution < 1.29 is 4.39 Å². The third kappa shape index (κ3) is 3.23. The average Bonchev–Trinajstić information content (AvgIpc) is 2.14. The van der Waals surface area contributed by atoms with Crippen LogP contribution in [0.1, 0.15) is 5.56 Å². The second-order valence-electron chi connectivity index (χ2n) is 4.25. The normalized spacial score (nSPS) is 10.1. The van der Waals surface area contributed by atoms with E-state index in [0.29, 0.717) is 5.69 Å². The van der Waals surface area contributed by atoms with Crippen LogP contribution in [0.3, 0.4) is 0 Å². The molecule has 0 spiro atoms. The van der Waals surface area contributed by atoms with Crippen LogP contribution in [0.4, 0.5) is 10.1 Å². The molecule has 0 aliphatic rings. The van der Waals surface area contributed by atoms with Gasteiger partial charge in [0.1, 0.15) is 13.9 Å². The molecule has 0 N–H and O–H groups in total. The summed E-state index contributed by atoms with van der Waals surface area (Å²) >= 11 is 0. The van der Waals surface area contributed by atoms with Gasteiger partial charge in [-0.25, -0.2) is 9.24 Å². The van der Waals surface area contributed by atoms with Crippen LogP contribution in [0.5, 0.6) is 0 Å². The Morgan fingerprint density at radius 1 is 1.33 bits per heavy atom. The minimum atomic E-state index is -1.53. The van der Waals surface area contributed by atoms with E-state index in [1.165, 1.54) is 12.1 Å². The van der Waals surface area contributed by atoms with Gasteiger partial charge in [0.05, 0.1) is 12.1 Å². The molecular weight excluding hydrogens is 205 g/mol. The molecule has 0 amide bonds. The molecule has 0 aliphatic carbocycles. The number of rotatable bonds is 0. The van der Waals surface area contributed by atoms with Gasteiger partial charge in [-0.05, 0) is 6.07 Å². The smallest absolute Gasteiger partial charge is 0.205 e. The molecule has 0 fully saturated rings.